The molecule has 0 amide bonds. The summed E-state index contributed by atoms with van der Waals surface area (Å²) in [6.07, 6.45) is 7.92. The van der Waals surface area contributed by atoms with Crippen LogP contribution in [0.4, 0.5) is 0 Å². The minimum Gasteiger partial charge on any atom is -0.490 e. The normalized spacial score (nSPS) is 10.8. The van der Waals surface area contributed by atoms with E-state index in [9.17, 15) is 0 Å². The lowest BCUT2D eigenvalue weighted by atomic mass is 10.1. The zero-order chi connectivity index (χ0) is 20.0. The summed E-state index contributed by atoms with van der Waals surface area (Å²) >= 11 is 4.68. The number of hydrogen-bond donors (Lipinski definition) is 2. The van der Waals surface area contributed by atoms with Crippen LogP contribution in [0.15, 0.2) is 53.6 Å². The zero-order valence-corrected chi connectivity index (χ0v) is 17.2. The standard InChI is InChI=1S/C22H29N3O2S/c1-2-3-4-5-6-18-7-11-20(12-8-18)26-15-16-27-21-13-9-19(10-14-21)17-24-25-22(23)28/h7-14,17H,2-6,15-16H2,1H3,(H3,23,25,28). The molecule has 0 saturated carbocycles. The van der Waals surface area contributed by atoms with Gasteiger partial charge < -0.3 is 15.2 Å². The monoisotopic (exact) mass is 399 g/mol. The van der Waals surface area contributed by atoms with Crippen LogP contribution in [-0.2, 0) is 6.42 Å². The van der Waals surface area contributed by atoms with Crippen LogP contribution in [0.25, 0.3) is 0 Å². The van der Waals surface area contributed by atoms with E-state index in [0.29, 0.717) is 13.2 Å². The molecule has 0 heterocycles. The van der Waals surface area contributed by atoms with Crippen LogP contribution in [0.3, 0.4) is 0 Å². The highest BCUT2D eigenvalue weighted by atomic mass is 32.1. The van der Waals surface area contributed by atoms with E-state index in [1.54, 1.807) is 6.21 Å². The van der Waals surface area contributed by atoms with Gasteiger partial charge in [0.2, 0.25) is 0 Å². The van der Waals surface area contributed by atoms with Crippen molar-refractivity contribution in [1.82, 2.24) is 5.43 Å². The molecule has 150 valence electrons. The average Bonchev–Trinajstić information content (AvgIpc) is 2.70. The van der Waals surface area contributed by atoms with Crippen LogP contribution in [0.1, 0.15) is 43.7 Å². The lowest BCUT2D eigenvalue weighted by Gasteiger charge is -2.09. The fourth-order valence-electron chi connectivity index (χ4n) is 2.65. The molecular formula is C22H29N3O2S. The molecule has 0 aliphatic carbocycles. The van der Waals surface area contributed by atoms with Gasteiger partial charge in [0.15, 0.2) is 5.11 Å². The summed E-state index contributed by atoms with van der Waals surface area (Å²) in [6, 6.07) is 15.9. The summed E-state index contributed by atoms with van der Waals surface area (Å²) in [5.41, 5.74) is 10.1. The molecule has 0 atom stereocenters. The van der Waals surface area contributed by atoms with Crippen molar-refractivity contribution >= 4 is 23.5 Å². The van der Waals surface area contributed by atoms with Crippen LogP contribution < -0.4 is 20.6 Å². The quantitative estimate of drug-likeness (QED) is 0.239. The molecule has 0 aromatic heterocycles. The molecular weight excluding hydrogens is 370 g/mol. The average molecular weight is 400 g/mol. The predicted octanol–water partition coefficient (Wildman–Crippen LogP) is 4.43. The maximum atomic E-state index is 5.75. The number of nitrogens with one attached hydrogen (secondary N) is 1. The van der Waals surface area contributed by atoms with Gasteiger partial charge in [-0.3, -0.25) is 5.43 Å². The Labute approximate surface area is 172 Å². The summed E-state index contributed by atoms with van der Waals surface area (Å²) in [7, 11) is 0. The lowest BCUT2D eigenvalue weighted by molar-refractivity contribution is 0.217. The number of unbranched alkanes of at least 4 members (excludes halogenated alkanes) is 3. The number of aryl methyl sites for hydroxylation is 1. The van der Waals surface area contributed by atoms with Crippen molar-refractivity contribution in [3.05, 3.63) is 59.7 Å². The van der Waals surface area contributed by atoms with Crippen molar-refractivity contribution in [2.24, 2.45) is 10.8 Å². The molecule has 2 rings (SSSR count). The lowest BCUT2D eigenvalue weighted by Crippen LogP contribution is -2.23. The molecule has 5 nitrogen and oxygen atoms in total. The number of hydrazone groups is 1. The Hall–Kier alpha value is -2.60. The van der Waals surface area contributed by atoms with Crippen LogP contribution in [0.2, 0.25) is 0 Å². The number of ether oxygens (including phenoxy) is 2. The molecule has 3 N–H and O–H groups in total. The first-order valence-electron chi connectivity index (χ1n) is 9.70. The third-order valence-corrected chi connectivity index (χ3v) is 4.22. The Kier molecular flexibility index (Phi) is 9.86. The second-order valence-electron chi connectivity index (χ2n) is 6.45. The predicted molar refractivity (Wildman–Crippen MR) is 119 cm³/mol. The van der Waals surface area contributed by atoms with Crippen LogP contribution in [0, 0.1) is 0 Å². The third kappa shape index (κ3) is 8.86. The largest absolute Gasteiger partial charge is 0.490 e. The number of nitrogens with two attached hydrogens (primary N) is 1. The van der Waals surface area contributed by atoms with Crippen molar-refractivity contribution in [1.29, 1.82) is 0 Å². The highest BCUT2D eigenvalue weighted by molar-refractivity contribution is 7.80. The number of benzene rings is 2. The van der Waals surface area contributed by atoms with E-state index >= 15 is 0 Å². The Morgan fingerprint density at radius 2 is 1.57 bits per heavy atom. The van der Waals surface area contributed by atoms with E-state index in [-0.39, 0.29) is 5.11 Å². The van der Waals surface area contributed by atoms with Crippen LogP contribution >= 0.6 is 12.2 Å². The minimum atomic E-state index is 0.137. The number of rotatable bonds is 12. The maximum absolute atomic E-state index is 5.75. The molecule has 0 spiro atoms. The van der Waals surface area contributed by atoms with Gasteiger partial charge in [-0.2, -0.15) is 5.10 Å². The number of hydrogen-bond acceptors (Lipinski definition) is 4. The SMILES string of the molecule is CCCCCCc1ccc(OCCOc2ccc(C=NNC(N)=S)cc2)cc1. The van der Waals surface area contributed by atoms with E-state index < -0.39 is 0 Å². The van der Waals surface area contributed by atoms with E-state index in [4.69, 9.17) is 15.2 Å². The van der Waals surface area contributed by atoms with E-state index in [0.717, 1.165) is 23.5 Å². The Balaban J connectivity index is 1.65. The summed E-state index contributed by atoms with van der Waals surface area (Å²) in [6.45, 7) is 3.21. The Morgan fingerprint density at radius 1 is 0.964 bits per heavy atom. The minimum absolute atomic E-state index is 0.137. The first-order chi connectivity index (χ1) is 13.7. The fourth-order valence-corrected chi connectivity index (χ4v) is 2.70. The van der Waals surface area contributed by atoms with E-state index in [2.05, 4.69) is 41.8 Å². The fraction of sp³-hybridized carbons (Fsp3) is 0.364. The van der Waals surface area contributed by atoms with Gasteiger partial charge in [-0.05, 0) is 72.6 Å². The first kappa shape index (κ1) is 21.7. The molecule has 0 saturated heterocycles. The van der Waals surface area contributed by atoms with Crippen molar-refractivity contribution in [3.8, 4) is 11.5 Å². The topological polar surface area (TPSA) is 68.9 Å². The smallest absolute Gasteiger partial charge is 0.184 e. The van der Waals surface area contributed by atoms with Crippen molar-refractivity contribution in [3.63, 3.8) is 0 Å². The highest BCUT2D eigenvalue weighted by Gasteiger charge is 1.98. The molecule has 0 aliphatic rings. The molecule has 0 aliphatic heterocycles. The molecule has 2 aromatic rings. The zero-order valence-electron chi connectivity index (χ0n) is 16.4. The molecule has 0 radical (unpaired) electrons. The van der Waals surface area contributed by atoms with Gasteiger partial charge >= 0.3 is 0 Å². The van der Waals surface area contributed by atoms with Crippen LogP contribution in [-0.4, -0.2) is 24.5 Å². The molecule has 0 bridgehead atoms. The van der Waals surface area contributed by atoms with Gasteiger partial charge in [-0.15, -0.1) is 0 Å². The summed E-state index contributed by atoms with van der Waals surface area (Å²) in [4.78, 5) is 0. The molecule has 28 heavy (non-hydrogen) atoms. The van der Waals surface area contributed by atoms with E-state index in [1.807, 2.05) is 36.4 Å². The Morgan fingerprint density at radius 3 is 2.14 bits per heavy atom. The van der Waals surface area contributed by atoms with Crippen molar-refractivity contribution in [2.75, 3.05) is 13.2 Å². The molecule has 2 aromatic carbocycles. The van der Waals surface area contributed by atoms with Gasteiger partial charge in [0.1, 0.15) is 24.7 Å². The van der Waals surface area contributed by atoms with Crippen LogP contribution in [0.5, 0.6) is 11.5 Å². The van der Waals surface area contributed by atoms with Gasteiger partial charge in [0, 0.05) is 0 Å². The van der Waals surface area contributed by atoms with Crippen molar-refractivity contribution in [2.45, 2.75) is 39.0 Å². The van der Waals surface area contributed by atoms with Gasteiger partial charge in [-0.1, -0.05) is 38.3 Å². The van der Waals surface area contributed by atoms with Gasteiger partial charge in [0.25, 0.3) is 0 Å². The van der Waals surface area contributed by atoms with Crippen molar-refractivity contribution < 1.29 is 9.47 Å². The van der Waals surface area contributed by atoms with E-state index in [1.165, 1.54) is 31.2 Å². The highest BCUT2D eigenvalue weighted by Crippen LogP contribution is 2.15. The molecule has 6 heteroatoms. The molecule has 0 fully saturated rings. The Bertz CT molecular complexity index is 730. The van der Waals surface area contributed by atoms with Gasteiger partial charge in [0.05, 0.1) is 6.21 Å². The summed E-state index contributed by atoms with van der Waals surface area (Å²) in [5.74, 6) is 1.66. The maximum Gasteiger partial charge on any atom is 0.184 e. The summed E-state index contributed by atoms with van der Waals surface area (Å²) < 4.78 is 11.4. The number of nitrogens with zero attached hydrogens (tertiary/aromatic N) is 1. The number of thiocarbonyl (C=S) groups is 1. The second-order valence-corrected chi connectivity index (χ2v) is 6.89. The third-order valence-electron chi connectivity index (χ3n) is 4.13. The summed E-state index contributed by atoms with van der Waals surface area (Å²) in [5, 5.41) is 4.05. The molecule has 0 unspecified atom stereocenters. The first-order valence-corrected chi connectivity index (χ1v) is 10.1. The second kappa shape index (κ2) is 12.7. The van der Waals surface area contributed by atoms with Gasteiger partial charge in [-0.25, -0.2) is 0 Å².